The van der Waals surface area contributed by atoms with Crippen molar-refractivity contribution in [1.82, 2.24) is 9.88 Å². The maximum absolute atomic E-state index is 11.8. The van der Waals surface area contributed by atoms with Crippen LogP contribution in [0.4, 0.5) is 0 Å². The Bertz CT molecular complexity index is 763. The lowest BCUT2D eigenvalue weighted by Gasteiger charge is -2.33. The molecule has 0 spiro atoms. The summed E-state index contributed by atoms with van der Waals surface area (Å²) < 4.78 is 5.81. The van der Waals surface area contributed by atoms with Crippen LogP contribution in [0.15, 0.2) is 48.8 Å². The summed E-state index contributed by atoms with van der Waals surface area (Å²) in [6.45, 7) is 1.19. The molecule has 1 saturated heterocycles. The third-order valence-corrected chi connectivity index (χ3v) is 5.92. The van der Waals surface area contributed by atoms with Gasteiger partial charge in [-0.25, -0.2) is 0 Å². The number of pyridine rings is 1. The van der Waals surface area contributed by atoms with Gasteiger partial charge in [0, 0.05) is 30.5 Å². The summed E-state index contributed by atoms with van der Waals surface area (Å²) in [5.74, 6) is 0.678. The summed E-state index contributed by atoms with van der Waals surface area (Å²) in [7, 11) is 0. The van der Waals surface area contributed by atoms with Gasteiger partial charge in [-0.05, 0) is 48.9 Å². The average molecular weight is 366 g/mol. The molecule has 3 unspecified atom stereocenters. The van der Waals surface area contributed by atoms with Crippen molar-refractivity contribution in [1.29, 1.82) is 0 Å². The standard InChI is InChI=1S/C22H26N2O3/c25-22(26)21-12-18-5-1-2-6-20(18)24(21)14-16-7-9-19(10-8-16)27-15-17-4-3-11-23-13-17/h3-4,7-11,13,18,20-21H,1-2,5-6,12,14-15H2,(H,25,26). The first-order chi connectivity index (χ1) is 13.2. The van der Waals surface area contributed by atoms with Crippen molar-refractivity contribution < 1.29 is 14.6 Å². The van der Waals surface area contributed by atoms with Crippen LogP contribution in [0.5, 0.6) is 5.75 Å². The molecule has 2 aliphatic rings. The molecule has 1 aliphatic heterocycles. The van der Waals surface area contributed by atoms with Crippen LogP contribution in [0, 0.1) is 5.92 Å². The number of rotatable bonds is 6. The molecule has 0 radical (unpaired) electrons. The Morgan fingerprint density at radius 3 is 2.70 bits per heavy atom. The topological polar surface area (TPSA) is 62.7 Å². The normalized spacial score (nSPS) is 25.1. The van der Waals surface area contributed by atoms with E-state index < -0.39 is 5.97 Å². The third kappa shape index (κ3) is 4.14. The minimum absolute atomic E-state index is 0.348. The number of fused-ring (bicyclic) bond motifs is 1. The first kappa shape index (κ1) is 18.0. The summed E-state index contributed by atoms with van der Waals surface area (Å²) >= 11 is 0. The molecular weight excluding hydrogens is 340 g/mol. The minimum atomic E-state index is -0.680. The van der Waals surface area contributed by atoms with Gasteiger partial charge < -0.3 is 9.84 Å². The van der Waals surface area contributed by atoms with Crippen molar-refractivity contribution in [3.8, 4) is 5.75 Å². The van der Waals surface area contributed by atoms with Gasteiger partial charge in [0.05, 0.1) is 0 Å². The Morgan fingerprint density at radius 1 is 1.15 bits per heavy atom. The van der Waals surface area contributed by atoms with Crippen LogP contribution in [0.2, 0.25) is 0 Å². The number of carbonyl (C=O) groups is 1. The number of carboxylic acid groups (broad SMARTS) is 1. The number of aliphatic carboxylic acids is 1. The van der Waals surface area contributed by atoms with Gasteiger partial charge in [-0.3, -0.25) is 14.7 Å². The number of hydrogen-bond donors (Lipinski definition) is 1. The Kier molecular flexibility index (Phi) is 5.39. The highest BCUT2D eigenvalue weighted by atomic mass is 16.5. The summed E-state index contributed by atoms with van der Waals surface area (Å²) in [6.07, 6.45) is 9.10. The number of likely N-dealkylation sites (tertiary alicyclic amines) is 1. The van der Waals surface area contributed by atoms with Crippen LogP contribution in [-0.4, -0.2) is 33.0 Å². The lowest BCUT2D eigenvalue weighted by Crippen LogP contribution is -2.41. The number of hydrogen-bond acceptors (Lipinski definition) is 4. The predicted octanol–water partition coefficient (Wildman–Crippen LogP) is 3.88. The quantitative estimate of drug-likeness (QED) is 0.841. The zero-order chi connectivity index (χ0) is 18.6. The summed E-state index contributed by atoms with van der Waals surface area (Å²) in [4.78, 5) is 18.1. The van der Waals surface area contributed by atoms with Gasteiger partial charge in [0.25, 0.3) is 0 Å². The molecule has 2 fully saturated rings. The van der Waals surface area contributed by atoms with Gasteiger partial charge in [-0.15, -0.1) is 0 Å². The maximum atomic E-state index is 11.8. The van der Waals surface area contributed by atoms with Crippen molar-refractivity contribution in [2.75, 3.05) is 0 Å². The largest absolute Gasteiger partial charge is 0.489 e. The number of nitrogens with zero attached hydrogens (tertiary/aromatic N) is 2. The van der Waals surface area contributed by atoms with Crippen LogP contribution < -0.4 is 4.74 Å². The highest BCUT2D eigenvalue weighted by Gasteiger charge is 2.44. The Hall–Kier alpha value is -2.40. The molecule has 2 heterocycles. The molecule has 2 aromatic rings. The summed E-state index contributed by atoms with van der Waals surface area (Å²) in [5, 5.41) is 9.66. The first-order valence-corrected chi connectivity index (χ1v) is 9.80. The molecule has 0 bridgehead atoms. The molecule has 1 aliphatic carbocycles. The number of carboxylic acids is 1. The van der Waals surface area contributed by atoms with E-state index in [1.54, 1.807) is 12.4 Å². The summed E-state index contributed by atoms with van der Waals surface area (Å²) in [5.41, 5.74) is 2.17. The van der Waals surface area contributed by atoms with E-state index in [1.807, 2.05) is 36.4 Å². The molecular formula is C22H26N2O3. The fourth-order valence-electron chi connectivity index (χ4n) is 4.58. The van der Waals surface area contributed by atoms with E-state index in [4.69, 9.17) is 4.74 Å². The monoisotopic (exact) mass is 366 g/mol. The average Bonchev–Trinajstić information content (AvgIpc) is 3.07. The second kappa shape index (κ2) is 8.09. The molecule has 1 aromatic carbocycles. The highest BCUT2D eigenvalue weighted by molar-refractivity contribution is 5.74. The molecule has 1 saturated carbocycles. The van der Waals surface area contributed by atoms with E-state index >= 15 is 0 Å². The van der Waals surface area contributed by atoms with Gasteiger partial charge in [0.2, 0.25) is 0 Å². The molecule has 1 aromatic heterocycles. The lowest BCUT2D eigenvalue weighted by atomic mass is 9.84. The Morgan fingerprint density at radius 2 is 1.96 bits per heavy atom. The second-order valence-corrected chi connectivity index (χ2v) is 7.67. The molecule has 4 rings (SSSR count). The predicted molar refractivity (Wildman–Crippen MR) is 102 cm³/mol. The SMILES string of the molecule is O=C(O)C1CC2CCCCC2N1Cc1ccc(OCc2cccnc2)cc1. The number of aromatic nitrogens is 1. The third-order valence-electron chi connectivity index (χ3n) is 5.92. The molecule has 1 N–H and O–H groups in total. The van der Waals surface area contributed by atoms with Crippen molar-refractivity contribution in [2.45, 2.75) is 57.3 Å². The van der Waals surface area contributed by atoms with E-state index in [1.165, 1.54) is 19.3 Å². The smallest absolute Gasteiger partial charge is 0.320 e. The van der Waals surface area contributed by atoms with Gasteiger partial charge in [-0.1, -0.05) is 31.0 Å². The van der Waals surface area contributed by atoms with Gasteiger partial charge >= 0.3 is 5.97 Å². The van der Waals surface area contributed by atoms with Crippen molar-refractivity contribution in [3.05, 3.63) is 59.9 Å². The fraction of sp³-hybridized carbons (Fsp3) is 0.455. The molecule has 3 atom stereocenters. The Balaban J connectivity index is 1.40. The summed E-state index contributed by atoms with van der Waals surface area (Å²) in [6, 6.07) is 12.0. The van der Waals surface area contributed by atoms with Crippen LogP contribution in [0.1, 0.15) is 43.2 Å². The number of benzene rings is 1. The van der Waals surface area contributed by atoms with Crippen molar-refractivity contribution in [3.63, 3.8) is 0 Å². The first-order valence-electron chi connectivity index (χ1n) is 9.80. The second-order valence-electron chi connectivity index (χ2n) is 7.67. The number of ether oxygens (including phenoxy) is 1. The molecule has 5 heteroatoms. The Labute approximate surface area is 160 Å². The van der Waals surface area contributed by atoms with Crippen LogP contribution in [0.3, 0.4) is 0 Å². The minimum Gasteiger partial charge on any atom is -0.489 e. The lowest BCUT2D eigenvalue weighted by molar-refractivity contribution is -0.142. The van der Waals surface area contributed by atoms with Crippen molar-refractivity contribution >= 4 is 5.97 Å². The van der Waals surface area contributed by atoms with Gasteiger partial charge in [-0.2, -0.15) is 0 Å². The molecule has 27 heavy (non-hydrogen) atoms. The molecule has 5 nitrogen and oxygen atoms in total. The zero-order valence-electron chi connectivity index (χ0n) is 15.5. The van der Waals surface area contributed by atoms with E-state index in [9.17, 15) is 9.90 Å². The van der Waals surface area contributed by atoms with Crippen LogP contribution >= 0.6 is 0 Å². The van der Waals surface area contributed by atoms with E-state index in [-0.39, 0.29) is 6.04 Å². The van der Waals surface area contributed by atoms with E-state index in [0.717, 1.165) is 29.7 Å². The van der Waals surface area contributed by atoms with Gasteiger partial charge in [0.1, 0.15) is 18.4 Å². The fourth-order valence-corrected chi connectivity index (χ4v) is 4.58. The van der Waals surface area contributed by atoms with Crippen LogP contribution in [-0.2, 0) is 17.9 Å². The van der Waals surface area contributed by atoms with Crippen LogP contribution in [0.25, 0.3) is 0 Å². The molecule has 0 amide bonds. The van der Waals surface area contributed by atoms with E-state index in [0.29, 0.717) is 25.1 Å². The molecule has 142 valence electrons. The maximum Gasteiger partial charge on any atom is 0.320 e. The zero-order valence-corrected chi connectivity index (χ0v) is 15.5. The van der Waals surface area contributed by atoms with Crippen molar-refractivity contribution in [2.24, 2.45) is 5.92 Å². The highest BCUT2D eigenvalue weighted by Crippen LogP contribution is 2.40. The van der Waals surface area contributed by atoms with Gasteiger partial charge in [0.15, 0.2) is 0 Å². The van der Waals surface area contributed by atoms with E-state index in [2.05, 4.69) is 9.88 Å².